The average molecular weight is 530 g/mol. The summed E-state index contributed by atoms with van der Waals surface area (Å²) in [6.07, 6.45) is 7.21. The van der Waals surface area contributed by atoms with E-state index in [1.54, 1.807) is 11.1 Å². The molecule has 0 saturated heterocycles. The number of hydrogen-bond acceptors (Lipinski definition) is 1. The molecule has 4 bridgehead atoms. The molecule has 41 heavy (non-hydrogen) atoms. The Hall–Kier alpha value is -4.10. The average Bonchev–Trinajstić information content (AvgIpc) is 3.31. The van der Waals surface area contributed by atoms with Crippen molar-refractivity contribution in [1.29, 1.82) is 0 Å². The number of benzene rings is 5. The zero-order valence-electron chi connectivity index (χ0n) is 23.4. The maximum atomic E-state index is 3.83. The van der Waals surface area contributed by atoms with Gasteiger partial charge in [-0.15, -0.1) is 0 Å². The highest BCUT2D eigenvalue weighted by molar-refractivity contribution is 5.87. The maximum absolute atomic E-state index is 3.83. The maximum Gasteiger partial charge on any atom is 0.0463 e. The Labute approximate surface area is 243 Å². The monoisotopic (exact) mass is 529 g/mol. The first-order valence-corrected chi connectivity index (χ1v) is 15.5. The van der Waals surface area contributed by atoms with Gasteiger partial charge in [-0.2, -0.15) is 0 Å². The third-order valence-electron chi connectivity index (χ3n) is 11.1. The Bertz CT molecular complexity index is 1740. The van der Waals surface area contributed by atoms with Crippen LogP contribution in [0.4, 0.5) is 11.4 Å². The van der Waals surface area contributed by atoms with Crippen molar-refractivity contribution in [3.63, 3.8) is 0 Å². The van der Waals surface area contributed by atoms with Crippen LogP contribution in [-0.2, 0) is 5.41 Å². The number of para-hydroxylation sites is 1. The van der Waals surface area contributed by atoms with Gasteiger partial charge in [0.2, 0.25) is 0 Å². The second-order valence-corrected chi connectivity index (χ2v) is 13.1. The third kappa shape index (κ3) is 3.48. The van der Waals surface area contributed by atoms with E-state index in [0.717, 1.165) is 29.4 Å². The Kier molecular flexibility index (Phi) is 5.15. The zero-order valence-corrected chi connectivity index (χ0v) is 23.4. The standard InChI is InChI=1S/C40H35N/c1-2-8-28(9-3-1)29-14-16-30(17-15-29)34-10-5-7-13-39(34)41-33-18-19-38-36(25-33)35-11-4-6-12-37(35)40(38)31-21-26-20-27(23-31)24-32(40)22-26/h1-19,25-27,31-32,41H,20-24H2. The van der Waals surface area contributed by atoms with Crippen molar-refractivity contribution < 1.29 is 0 Å². The fourth-order valence-corrected chi connectivity index (χ4v) is 9.71. The molecular formula is C40H35N. The van der Waals surface area contributed by atoms with Gasteiger partial charge >= 0.3 is 0 Å². The molecule has 1 spiro atoms. The van der Waals surface area contributed by atoms with Gasteiger partial charge in [0.1, 0.15) is 0 Å². The molecule has 0 aliphatic heterocycles. The van der Waals surface area contributed by atoms with Gasteiger partial charge in [0.05, 0.1) is 0 Å². The van der Waals surface area contributed by atoms with E-state index in [1.165, 1.54) is 71.2 Å². The molecule has 0 heterocycles. The molecule has 1 heteroatoms. The van der Waals surface area contributed by atoms with Crippen molar-refractivity contribution in [3.8, 4) is 33.4 Å². The lowest BCUT2D eigenvalue weighted by Gasteiger charge is -2.61. The molecule has 10 rings (SSSR count). The summed E-state index contributed by atoms with van der Waals surface area (Å²) in [5, 5.41) is 3.83. The first kappa shape index (κ1) is 23.6. The van der Waals surface area contributed by atoms with Crippen LogP contribution >= 0.6 is 0 Å². The molecule has 0 aromatic heterocycles. The van der Waals surface area contributed by atoms with Gasteiger partial charge in [0.25, 0.3) is 0 Å². The lowest BCUT2D eigenvalue weighted by atomic mass is 9.43. The normalized spacial score (nSPS) is 26.6. The van der Waals surface area contributed by atoms with Crippen molar-refractivity contribution >= 4 is 11.4 Å². The molecule has 5 aliphatic rings. The predicted molar refractivity (Wildman–Crippen MR) is 170 cm³/mol. The summed E-state index contributed by atoms with van der Waals surface area (Å²) in [7, 11) is 0. The van der Waals surface area contributed by atoms with Crippen LogP contribution in [0.15, 0.2) is 121 Å². The summed E-state index contributed by atoms with van der Waals surface area (Å²) in [4.78, 5) is 0. The summed E-state index contributed by atoms with van der Waals surface area (Å²) in [6, 6.07) is 45.0. The topological polar surface area (TPSA) is 12.0 Å². The van der Waals surface area contributed by atoms with Crippen LogP contribution in [0.3, 0.4) is 0 Å². The van der Waals surface area contributed by atoms with E-state index < -0.39 is 0 Å². The highest BCUT2D eigenvalue weighted by atomic mass is 14.9. The molecular weight excluding hydrogens is 494 g/mol. The van der Waals surface area contributed by atoms with Gasteiger partial charge in [0.15, 0.2) is 0 Å². The van der Waals surface area contributed by atoms with E-state index in [4.69, 9.17) is 0 Å². The first-order chi connectivity index (χ1) is 20.3. The van der Waals surface area contributed by atoms with Gasteiger partial charge in [-0.25, -0.2) is 0 Å². The number of anilines is 2. The number of hydrogen-bond donors (Lipinski definition) is 1. The van der Waals surface area contributed by atoms with E-state index in [1.807, 2.05) is 0 Å². The Morgan fingerprint density at radius 3 is 1.80 bits per heavy atom. The van der Waals surface area contributed by atoms with E-state index in [9.17, 15) is 0 Å². The Morgan fingerprint density at radius 2 is 1.05 bits per heavy atom. The number of fused-ring (bicyclic) bond motifs is 3. The van der Waals surface area contributed by atoms with E-state index in [0.29, 0.717) is 0 Å². The minimum absolute atomic E-state index is 0.232. The Balaban J connectivity index is 1.09. The van der Waals surface area contributed by atoms with Crippen LogP contribution in [0.25, 0.3) is 33.4 Å². The van der Waals surface area contributed by atoms with Crippen LogP contribution in [0, 0.1) is 23.7 Å². The SMILES string of the molecule is c1ccc(-c2ccc(-c3ccccc3Nc3ccc4c(c3)-c3ccccc3C43C4CC5CC(C4)CC3C5)cc2)cc1. The molecule has 5 aromatic carbocycles. The van der Waals surface area contributed by atoms with Gasteiger partial charge in [0, 0.05) is 22.4 Å². The smallest absolute Gasteiger partial charge is 0.0463 e. The molecule has 0 atom stereocenters. The summed E-state index contributed by atoms with van der Waals surface area (Å²) in [5.74, 6) is 3.55. The summed E-state index contributed by atoms with van der Waals surface area (Å²) in [6.45, 7) is 0. The minimum atomic E-state index is 0.232. The molecule has 0 unspecified atom stereocenters. The van der Waals surface area contributed by atoms with Crippen LogP contribution in [0.1, 0.15) is 43.2 Å². The van der Waals surface area contributed by atoms with Gasteiger partial charge in [-0.1, -0.05) is 103 Å². The molecule has 5 aliphatic carbocycles. The fourth-order valence-electron chi connectivity index (χ4n) is 9.71. The highest BCUT2D eigenvalue weighted by Crippen LogP contribution is 2.69. The van der Waals surface area contributed by atoms with Crippen molar-refractivity contribution in [2.75, 3.05) is 5.32 Å². The molecule has 5 aromatic rings. The van der Waals surface area contributed by atoms with E-state index in [-0.39, 0.29) is 5.41 Å². The zero-order chi connectivity index (χ0) is 27.0. The van der Waals surface area contributed by atoms with Crippen LogP contribution in [0.2, 0.25) is 0 Å². The molecule has 0 amide bonds. The second kappa shape index (κ2) is 8.95. The van der Waals surface area contributed by atoms with E-state index >= 15 is 0 Å². The first-order valence-electron chi connectivity index (χ1n) is 15.5. The summed E-state index contributed by atoms with van der Waals surface area (Å²) < 4.78 is 0. The van der Waals surface area contributed by atoms with Crippen LogP contribution < -0.4 is 5.32 Å². The number of rotatable bonds is 4. The van der Waals surface area contributed by atoms with Crippen molar-refractivity contribution in [2.45, 2.75) is 37.5 Å². The Morgan fingerprint density at radius 1 is 0.463 bits per heavy atom. The largest absolute Gasteiger partial charge is 0.355 e. The van der Waals surface area contributed by atoms with Crippen LogP contribution in [0.5, 0.6) is 0 Å². The van der Waals surface area contributed by atoms with Crippen molar-refractivity contribution in [2.24, 2.45) is 23.7 Å². The highest BCUT2D eigenvalue weighted by Gasteiger charge is 2.61. The fraction of sp³-hybridized carbons (Fsp3) is 0.250. The molecule has 200 valence electrons. The third-order valence-corrected chi connectivity index (χ3v) is 11.1. The van der Waals surface area contributed by atoms with E-state index in [2.05, 4.69) is 127 Å². The quantitative estimate of drug-likeness (QED) is 0.244. The van der Waals surface area contributed by atoms with Gasteiger partial charge in [-0.05, 0) is 113 Å². The lowest BCUT2D eigenvalue weighted by molar-refractivity contribution is -0.0399. The molecule has 4 fully saturated rings. The molecule has 0 radical (unpaired) electrons. The second-order valence-electron chi connectivity index (χ2n) is 13.1. The van der Waals surface area contributed by atoms with Crippen molar-refractivity contribution in [3.05, 3.63) is 132 Å². The van der Waals surface area contributed by atoms with Crippen molar-refractivity contribution in [1.82, 2.24) is 0 Å². The summed E-state index contributed by atoms with van der Waals surface area (Å²) in [5.41, 5.74) is 13.7. The van der Waals surface area contributed by atoms with Gasteiger partial charge < -0.3 is 5.32 Å². The lowest BCUT2D eigenvalue weighted by Crippen LogP contribution is -2.55. The number of nitrogens with one attached hydrogen (secondary N) is 1. The molecule has 1 nitrogen and oxygen atoms in total. The predicted octanol–water partition coefficient (Wildman–Crippen LogP) is 10.5. The summed E-state index contributed by atoms with van der Waals surface area (Å²) >= 11 is 0. The van der Waals surface area contributed by atoms with Crippen LogP contribution in [-0.4, -0.2) is 0 Å². The molecule has 4 saturated carbocycles. The van der Waals surface area contributed by atoms with Gasteiger partial charge in [-0.3, -0.25) is 0 Å². The molecule has 1 N–H and O–H groups in total. The minimum Gasteiger partial charge on any atom is -0.355 e.